The van der Waals surface area contributed by atoms with E-state index in [1.807, 2.05) is 24.3 Å². The van der Waals surface area contributed by atoms with Gasteiger partial charge in [0.2, 0.25) is 0 Å². The second-order valence-corrected chi connectivity index (χ2v) is 4.56. The van der Waals surface area contributed by atoms with Crippen LogP contribution in [0.1, 0.15) is 16.7 Å². The number of nitrogens with zero attached hydrogens (tertiary/aromatic N) is 3. The van der Waals surface area contributed by atoms with E-state index in [0.717, 1.165) is 16.7 Å². The Labute approximate surface area is 112 Å². The molecule has 2 rings (SSSR count). The first-order valence-electron chi connectivity index (χ1n) is 6.04. The van der Waals surface area contributed by atoms with Crippen molar-refractivity contribution in [3.8, 4) is 11.1 Å². The van der Waals surface area contributed by atoms with Crippen molar-refractivity contribution in [1.82, 2.24) is 0 Å². The van der Waals surface area contributed by atoms with E-state index < -0.39 is 0 Å². The van der Waals surface area contributed by atoms with Crippen LogP contribution in [0, 0.1) is 13.8 Å². The molecule has 2 aromatic carbocycles. The minimum absolute atomic E-state index is 0.442. The molecule has 0 N–H and O–H groups in total. The quantitative estimate of drug-likeness (QED) is 0.405. The molecular formula is C16H15N3. The second-order valence-electron chi connectivity index (χ2n) is 4.56. The smallest absolute Gasteiger partial charge is 0.0382 e. The van der Waals surface area contributed by atoms with Gasteiger partial charge in [0, 0.05) is 10.6 Å². The fourth-order valence-electron chi connectivity index (χ4n) is 2.22. The Kier molecular flexibility index (Phi) is 3.69. The molecule has 0 saturated carbocycles. The fraction of sp³-hybridized carbons (Fsp3) is 0.125. The van der Waals surface area contributed by atoms with Gasteiger partial charge >= 0.3 is 0 Å². The summed E-state index contributed by atoms with van der Waals surface area (Å²) < 4.78 is 0. The van der Waals surface area contributed by atoms with Crippen molar-refractivity contribution in [2.75, 3.05) is 0 Å². The van der Waals surface area contributed by atoms with Gasteiger partial charge in [0.05, 0.1) is 0 Å². The summed E-state index contributed by atoms with van der Waals surface area (Å²) in [6, 6.07) is 14.2. The predicted molar refractivity (Wildman–Crippen MR) is 79.5 cm³/mol. The van der Waals surface area contributed by atoms with Crippen molar-refractivity contribution in [2.45, 2.75) is 13.8 Å². The van der Waals surface area contributed by atoms with Gasteiger partial charge in [-0.05, 0) is 36.1 Å². The summed E-state index contributed by atoms with van der Waals surface area (Å²) in [5.41, 5.74) is 14.4. The summed E-state index contributed by atoms with van der Waals surface area (Å²) in [4.78, 5) is 2.81. The number of azide groups is 1. The third-order valence-electron chi connectivity index (χ3n) is 2.94. The number of benzene rings is 2. The minimum Gasteiger partial charge on any atom is -0.0889 e. The zero-order valence-corrected chi connectivity index (χ0v) is 11.1. The van der Waals surface area contributed by atoms with E-state index in [4.69, 9.17) is 5.53 Å². The van der Waals surface area contributed by atoms with Crippen molar-refractivity contribution in [2.24, 2.45) is 5.11 Å². The maximum Gasteiger partial charge on any atom is 0.0382 e. The lowest BCUT2D eigenvalue weighted by molar-refractivity contribution is 1.38. The van der Waals surface area contributed by atoms with Gasteiger partial charge in [-0.3, -0.25) is 0 Å². The molecule has 2 aromatic rings. The normalized spacial score (nSPS) is 9.79. The van der Waals surface area contributed by atoms with Crippen molar-refractivity contribution in [3.63, 3.8) is 0 Å². The van der Waals surface area contributed by atoms with Crippen LogP contribution in [0.5, 0.6) is 0 Å². The van der Waals surface area contributed by atoms with E-state index in [-0.39, 0.29) is 0 Å². The van der Waals surface area contributed by atoms with Gasteiger partial charge in [-0.1, -0.05) is 65.3 Å². The SMILES string of the molecule is C=C(N=[N+]=[N-])c1ccccc1-c1cc(C)cc(C)c1. The van der Waals surface area contributed by atoms with Gasteiger partial charge in [0.15, 0.2) is 0 Å². The lowest BCUT2D eigenvalue weighted by Gasteiger charge is -2.10. The molecule has 0 aliphatic carbocycles. The highest BCUT2D eigenvalue weighted by Crippen LogP contribution is 2.30. The molecule has 0 heterocycles. The van der Waals surface area contributed by atoms with Crippen LogP contribution in [0.2, 0.25) is 0 Å². The van der Waals surface area contributed by atoms with Crippen LogP contribution in [-0.2, 0) is 0 Å². The first-order chi connectivity index (χ1) is 9.11. The Bertz CT molecular complexity index is 660. The Morgan fingerprint density at radius 2 is 1.74 bits per heavy atom. The molecule has 0 aliphatic rings. The molecule has 19 heavy (non-hydrogen) atoms. The summed E-state index contributed by atoms with van der Waals surface area (Å²) in [6.07, 6.45) is 0. The molecule has 0 aromatic heterocycles. The average Bonchev–Trinajstić information content (AvgIpc) is 2.38. The van der Waals surface area contributed by atoms with E-state index in [2.05, 4.69) is 48.7 Å². The van der Waals surface area contributed by atoms with Crippen LogP contribution in [-0.4, -0.2) is 0 Å². The second kappa shape index (κ2) is 5.42. The first kappa shape index (κ1) is 12.9. The topological polar surface area (TPSA) is 48.8 Å². The molecule has 0 fully saturated rings. The highest BCUT2D eigenvalue weighted by molar-refractivity contribution is 5.80. The van der Waals surface area contributed by atoms with E-state index in [1.54, 1.807) is 0 Å². The summed E-state index contributed by atoms with van der Waals surface area (Å²) >= 11 is 0. The van der Waals surface area contributed by atoms with Crippen LogP contribution in [0.3, 0.4) is 0 Å². The zero-order valence-electron chi connectivity index (χ0n) is 11.1. The molecule has 3 nitrogen and oxygen atoms in total. The van der Waals surface area contributed by atoms with E-state index >= 15 is 0 Å². The molecule has 0 atom stereocenters. The van der Waals surface area contributed by atoms with Crippen LogP contribution in [0.15, 0.2) is 54.2 Å². The van der Waals surface area contributed by atoms with Crippen LogP contribution in [0.4, 0.5) is 0 Å². The Morgan fingerprint density at radius 1 is 1.11 bits per heavy atom. The summed E-state index contributed by atoms with van der Waals surface area (Å²) in [7, 11) is 0. The molecule has 0 aliphatic heterocycles. The first-order valence-corrected chi connectivity index (χ1v) is 6.04. The van der Waals surface area contributed by atoms with E-state index in [1.165, 1.54) is 11.1 Å². The average molecular weight is 249 g/mol. The number of hydrogen-bond acceptors (Lipinski definition) is 1. The molecule has 0 spiro atoms. The van der Waals surface area contributed by atoms with Gasteiger partial charge in [0.25, 0.3) is 0 Å². The Hall–Kier alpha value is -2.51. The maximum absolute atomic E-state index is 8.55. The van der Waals surface area contributed by atoms with Gasteiger partial charge < -0.3 is 0 Å². The van der Waals surface area contributed by atoms with Crippen molar-refractivity contribution in [3.05, 3.63) is 76.2 Å². The molecule has 3 heteroatoms. The summed E-state index contributed by atoms with van der Waals surface area (Å²) in [5, 5.41) is 3.61. The number of rotatable bonds is 3. The monoisotopic (exact) mass is 249 g/mol. The third kappa shape index (κ3) is 2.84. The molecule has 0 amide bonds. The van der Waals surface area contributed by atoms with Crippen molar-refractivity contribution in [1.29, 1.82) is 0 Å². The van der Waals surface area contributed by atoms with E-state index in [9.17, 15) is 0 Å². The molecular weight excluding hydrogens is 234 g/mol. The van der Waals surface area contributed by atoms with E-state index in [0.29, 0.717) is 5.70 Å². The molecule has 94 valence electrons. The highest BCUT2D eigenvalue weighted by Gasteiger charge is 2.07. The highest BCUT2D eigenvalue weighted by atomic mass is 15.1. The number of aryl methyl sites for hydroxylation is 2. The van der Waals surface area contributed by atoms with Gasteiger partial charge in [-0.25, -0.2) is 0 Å². The van der Waals surface area contributed by atoms with Gasteiger partial charge in [-0.2, -0.15) is 0 Å². The molecule has 0 saturated heterocycles. The standard InChI is InChI=1S/C16H15N3/c1-11-8-12(2)10-14(9-11)16-7-5-4-6-15(16)13(3)18-19-17/h4-10H,3H2,1-2H3. The summed E-state index contributed by atoms with van der Waals surface area (Å²) in [5.74, 6) is 0. The van der Waals surface area contributed by atoms with Crippen LogP contribution >= 0.6 is 0 Å². The maximum atomic E-state index is 8.55. The Morgan fingerprint density at radius 3 is 2.37 bits per heavy atom. The van der Waals surface area contributed by atoms with Crippen molar-refractivity contribution >= 4 is 5.70 Å². The molecule has 0 unspecified atom stereocenters. The van der Waals surface area contributed by atoms with Crippen LogP contribution < -0.4 is 0 Å². The summed E-state index contributed by atoms with van der Waals surface area (Å²) in [6.45, 7) is 7.97. The van der Waals surface area contributed by atoms with Gasteiger partial charge in [-0.15, -0.1) is 0 Å². The molecule has 0 radical (unpaired) electrons. The minimum atomic E-state index is 0.442. The lowest BCUT2D eigenvalue weighted by atomic mass is 9.95. The molecule has 0 bridgehead atoms. The largest absolute Gasteiger partial charge is 0.0889 e. The Balaban J connectivity index is 2.62. The third-order valence-corrected chi connectivity index (χ3v) is 2.94. The fourth-order valence-corrected chi connectivity index (χ4v) is 2.22. The van der Waals surface area contributed by atoms with Crippen LogP contribution in [0.25, 0.3) is 27.3 Å². The predicted octanol–water partition coefficient (Wildman–Crippen LogP) is 5.25. The number of hydrogen-bond donors (Lipinski definition) is 0. The zero-order chi connectivity index (χ0) is 13.8. The van der Waals surface area contributed by atoms with Crippen molar-refractivity contribution < 1.29 is 0 Å². The van der Waals surface area contributed by atoms with Gasteiger partial charge in [0.1, 0.15) is 0 Å². The lowest BCUT2D eigenvalue weighted by Crippen LogP contribution is -1.88.